The number of ether oxygens (including phenoxy) is 1. The van der Waals surface area contributed by atoms with E-state index in [-0.39, 0.29) is 29.8 Å². The Morgan fingerprint density at radius 1 is 1.02 bits per heavy atom. The molecule has 216 valence electrons. The zero-order valence-electron chi connectivity index (χ0n) is 23.1. The molecule has 0 amide bonds. The van der Waals surface area contributed by atoms with Gasteiger partial charge in [-0.3, -0.25) is 14.5 Å². The molecule has 3 atom stereocenters. The summed E-state index contributed by atoms with van der Waals surface area (Å²) in [5.41, 5.74) is 10.4. The van der Waals surface area contributed by atoms with Crippen LogP contribution in [0.25, 0.3) is 11.1 Å². The van der Waals surface area contributed by atoms with Crippen molar-refractivity contribution in [2.24, 2.45) is 17.6 Å². The lowest BCUT2D eigenvalue weighted by molar-refractivity contribution is -0.150. The lowest BCUT2D eigenvalue weighted by Gasteiger charge is -2.40. The van der Waals surface area contributed by atoms with Gasteiger partial charge in [-0.05, 0) is 79.0 Å². The summed E-state index contributed by atoms with van der Waals surface area (Å²) >= 11 is 0. The number of hydrogen-bond donors (Lipinski definition) is 1. The van der Waals surface area contributed by atoms with Crippen molar-refractivity contribution in [1.82, 2.24) is 4.90 Å². The van der Waals surface area contributed by atoms with Gasteiger partial charge in [-0.1, -0.05) is 55.0 Å². The monoisotopic (exact) mass is 564 g/mol. The highest BCUT2D eigenvalue weighted by molar-refractivity contribution is 6.13. The van der Waals surface area contributed by atoms with E-state index in [0.29, 0.717) is 35.4 Å². The van der Waals surface area contributed by atoms with Gasteiger partial charge >= 0.3 is 12.1 Å². The van der Waals surface area contributed by atoms with Crippen LogP contribution in [0.3, 0.4) is 0 Å². The third-order valence-corrected chi connectivity index (χ3v) is 8.44. The van der Waals surface area contributed by atoms with Crippen LogP contribution in [0.4, 0.5) is 13.2 Å². The zero-order chi connectivity index (χ0) is 29.1. The summed E-state index contributed by atoms with van der Waals surface area (Å²) in [5.74, 6) is -0.154. The summed E-state index contributed by atoms with van der Waals surface area (Å²) in [5, 5.41) is 0. The molecule has 3 aromatic carbocycles. The van der Waals surface area contributed by atoms with E-state index in [9.17, 15) is 22.8 Å². The maximum atomic E-state index is 13.6. The molecular formula is C33H35F3N2O3. The van der Waals surface area contributed by atoms with Crippen LogP contribution in [0.2, 0.25) is 0 Å². The lowest BCUT2D eigenvalue weighted by atomic mass is 9.79. The van der Waals surface area contributed by atoms with E-state index in [0.717, 1.165) is 61.9 Å². The van der Waals surface area contributed by atoms with Gasteiger partial charge in [0.2, 0.25) is 0 Å². The Hall–Kier alpha value is -3.49. The molecule has 1 saturated carbocycles. The minimum atomic E-state index is -4.42. The molecule has 0 saturated heterocycles. The minimum absolute atomic E-state index is 0.0872. The number of alkyl halides is 3. The van der Waals surface area contributed by atoms with Crippen molar-refractivity contribution in [2.75, 3.05) is 13.2 Å². The molecule has 0 aromatic heterocycles. The van der Waals surface area contributed by atoms with Gasteiger partial charge in [-0.2, -0.15) is 13.2 Å². The first-order valence-electron chi connectivity index (χ1n) is 14.2. The number of ketones is 1. The van der Waals surface area contributed by atoms with Gasteiger partial charge in [0.15, 0.2) is 5.78 Å². The molecule has 1 fully saturated rings. The second-order valence-corrected chi connectivity index (χ2v) is 11.0. The Morgan fingerprint density at radius 3 is 2.51 bits per heavy atom. The molecule has 5 rings (SSSR count). The standard InChI is InChI=1S/C33H35F3N2O3/c1-2-41-32(40)25-7-5-6-24(19-25)31(37)38-17-16-22-18-23(10-11-26(22)20-38)30(39)29-9-4-3-8-28(29)21-12-14-27(15-13-21)33(34,35)36/h3-4,8-15,18,24-25,31H,2,5-7,16-17,19-20,37H2,1H3. The second-order valence-electron chi connectivity index (χ2n) is 11.0. The Labute approximate surface area is 238 Å². The van der Waals surface area contributed by atoms with Crippen molar-refractivity contribution in [3.05, 3.63) is 94.5 Å². The number of hydrogen-bond acceptors (Lipinski definition) is 5. The molecule has 41 heavy (non-hydrogen) atoms. The van der Waals surface area contributed by atoms with Crippen LogP contribution < -0.4 is 5.73 Å². The van der Waals surface area contributed by atoms with Gasteiger partial charge in [-0.25, -0.2) is 0 Å². The second kappa shape index (κ2) is 12.2. The van der Waals surface area contributed by atoms with E-state index in [1.54, 1.807) is 24.3 Å². The molecular weight excluding hydrogens is 529 g/mol. The average molecular weight is 565 g/mol. The van der Waals surface area contributed by atoms with Gasteiger partial charge in [0.1, 0.15) is 0 Å². The molecule has 8 heteroatoms. The molecule has 0 bridgehead atoms. The Kier molecular flexibility index (Phi) is 8.61. The Balaban J connectivity index is 1.30. The molecule has 1 aliphatic carbocycles. The van der Waals surface area contributed by atoms with E-state index in [2.05, 4.69) is 4.90 Å². The highest BCUT2D eigenvalue weighted by atomic mass is 19.4. The number of nitrogens with zero attached hydrogens (tertiary/aromatic N) is 1. The first kappa shape index (κ1) is 29.0. The topological polar surface area (TPSA) is 72.6 Å². The first-order chi connectivity index (χ1) is 19.7. The molecule has 2 aliphatic rings. The summed E-state index contributed by atoms with van der Waals surface area (Å²) in [6.07, 6.45) is -0.273. The van der Waals surface area contributed by atoms with E-state index in [1.165, 1.54) is 12.1 Å². The fourth-order valence-corrected chi connectivity index (χ4v) is 6.21. The smallest absolute Gasteiger partial charge is 0.416 e. The van der Waals surface area contributed by atoms with E-state index < -0.39 is 11.7 Å². The third-order valence-electron chi connectivity index (χ3n) is 8.44. The third kappa shape index (κ3) is 6.39. The van der Waals surface area contributed by atoms with Crippen molar-refractivity contribution < 1.29 is 27.5 Å². The number of esters is 1. The van der Waals surface area contributed by atoms with Gasteiger partial charge < -0.3 is 10.5 Å². The predicted molar refractivity (Wildman–Crippen MR) is 151 cm³/mol. The number of rotatable bonds is 7. The summed E-state index contributed by atoms with van der Waals surface area (Å²) in [7, 11) is 0. The number of benzene rings is 3. The molecule has 0 spiro atoms. The van der Waals surface area contributed by atoms with Crippen molar-refractivity contribution in [2.45, 2.75) is 57.9 Å². The molecule has 2 N–H and O–H groups in total. The normalized spacial score (nSPS) is 20.2. The number of carbonyl (C=O) groups excluding carboxylic acids is 2. The number of halogens is 3. The first-order valence-corrected chi connectivity index (χ1v) is 14.2. The highest BCUT2D eigenvalue weighted by Gasteiger charge is 2.35. The van der Waals surface area contributed by atoms with Crippen LogP contribution in [0, 0.1) is 11.8 Å². The fraction of sp³-hybridized carbons (Fsp3) is 0.394. The molecule has 5 nitrogen and oxygen atoms in total. The molecule has 3 aromatic rings. The Bertz CT molecular complexity index is 1400. The van der Waals surface area contributed by atoms with E-state index in [1.807, 2.05) is 25.1 Å². The molecule has 1 aliphatic heterocycles. The van der Waals surface area contributed by atoms with Crippen LogP contribution >= 0.6 is 0 Å². The van der Waals surface area contributed by atoms with E-state index in [4.69, 9.17) is 10.5 Å². The molecule has 1 heterocycles. The summed E-state index contributed by atoms with van der Waals surface area (Å²) in [4.78, 5) is 28.2. The van der Waals surface area contributed by atoms with Crippen LogP contribution in [0.5, 0.6) is 0 Å². The Morgan fingerprint density at radius 2 is 1.78 bits per heavy atom. The largest absolute Gasteiger partial charge is 0.466 e. The maximum absolute atomic E-state index is 13.6. The number of nitrogens with two attached hydrogens (primary N) is 1. The highest BCUT2D eigenvalue weighted by Crippen LogP contribution is 2.35. The maximum Gasteiger partial charge on any atom is 0.416 e. The zero-order valence-corrected chi connectivity index (χ0v) is 23.1. The predicted octanol–water partition coefficient (Wildman–Crippen LogP) is 6.62. The summed E-state index contributed by atoms with van der Waals surface area (Å²) < 4.78 is 44.4. The van der Waals surface area contributed by atoms with Crippen molar-refractivity contribution >= 4 is 11.8 Å². The minimum Gasteiger partial charge on any atom is -0.466 e. The lowest BCUT2D eigenvalue weighted by Crippen LogP contribution is -2.50. The van der Waals surface area contributed by atoms with Crippen LogP contribution in [0.1, 0.15) is 65.2 Å². The summed E-state index contributed by atoms with van der Waals surface area (Å²) in [6, 6.07) is 17.6. The van der Waals surface area contributed by atoms with Crippen LogP contribution in [-0.4, -0.2) is 36.0 Å². The van der Waals surface area contributed by atoms with Crippen LogP contribution in [-0.2, 0) is 28.7 Å². The molecule has 3 unspecified atom stereocenters. The van der Waals surface area contributed by atoms with Gasteiger partial charge in [0, 0.05) is 24.2 Å². The van der Waals surface area contributed by atoms with Gasteiger partial charge in [0.25, 0.3) is 0 Å². The van der Waals surface area contributed by atoms with Gasteiger partial charge in [-0.15, -0.1) is 0 Å². The van der Waals surface area contributed by atoms with Crippen molar-refractivity contribution in [3.63, 3.8) is 0 Å². The quantitative estimate of drug-likeness (QED) is 0.258. The van der Waals surface area contributed by atoms with Gasteiger partial charge in [0.05, 0.1) is 24.3 Å². The van der Waals surface area contributed by atoms with Crippen molar-refractivity contribution in [3.8, 4) is 11.1 Å². The SMILES string of the molecule is CCOC(=O)C1CCCC(C(N)N2CCc3cc(C(=O)c4ccccc4-c4ccc(C(F)(F)F)cc4)ccc3C2)C1. The summed E-state index contributed by atoms with van der Waals surface area (Å²) in [6.45, 7) is 3.65. The fourth-order valence-electron chi connectivity index (χ4n) is 6.21. The van der Waals surface area contributed by atoms with Crippen LogP contribution in [0.15, 0.2) is 66.7 Å². The number of fused-ring (bicyclic) bond motifs is 1. The number of carbonyl (C=O) groups is 2. The van der Waals surface area contributed by atoms with E-state index >= 15 is 0 Å². The average Bonchev–Trinajstić information content (AvgIpc) is 2.99. The van der Waals surface area contributed by atoms with Crippen molar-refractivity contribution in [1.29, 1.82) is 0 Å². The molecule has 0 radical (unpaired) electrons.